The van der Waals surface area contributed by atoms with Gasteiger partial charge in [-0.25, -0.2) is 4.79 Å². The number of allylic oxidation sites excluding steroid dienone is 1. The van der Waals surface area contributed by atoms with Gasteiger partial charge in [0.05, 0.1) is 0 Å². The van der Waals surface area contributed by atoms with Crippen LogP contribution < -0.4 is 0 Å². The molecule has 0 saturated carbocycles. The number of ether oxygens (including phenoxy) is 1. The van der Waals surface area contributed by atoms with Gasteiger partial charge in [-0.2, -0.15) is 0 Å². The molecule has 0 N–H and O–H groups in total. The summed E-state index contributed by atoms with van der Waals surface area (Å²) in [6.45, 7) is 6.44. The molecule has 1 aromatic carbocycles. The highest BCUT2D eigenvalue weighted by Crippen LogP contribution is 2.25. The number of hydrogen-bond donors (Lipinski definition) is 0. The Morgan fingerprint density at radius 3 is 2.55 bits per heavy atom. The van der Waals surface area contributed by atoms with Crippen molar-refractivity contribution in [1.29, 1.82) is 0 Å². The number of likely N-dealkylation sites (tertiary alicyclic amines) is 1. The molecule has 20 heavy (non-hydrogen) atoms. The van der Waals surface area contributed by atoms with Crippen LogP contribution in [0.3, 0.4) is 0 Å². The van der Waals surface area contributed by atoms with Crippen LogP contribution in [0.2, 0.25) is 0 Å². The molecule has 1 heterocycles. The molecule has 2 rings (SSSR count). The normalized spacial score (nSPS) is 18.1. The van der Waals surface area contributed by atoms with Crippen molar-refractivity contribution in [3.8, 4) is 0 Å². The Balaban J connectivity index is 2.17. The molecule has 3 heteroatoms. The second kappa shape index (κ2) is 6.12. The lowest BCUT2D eigenvalue weighted by Gasteiger charge is -2.32. The lowest BCUT2D eigenvalue weighted by Crippen LogP contribution is -2.38. The molecule has 1 aliphatic heterocycles. The summed E-state index contributed by atoms with van der Waals surface area (Å²) < 4.78 is 5.49. The molecule has 0 atom stereocenters. The molecule has 1 saturated heterocycles. The summed E-state index contributed by atoms with van der Waals surface area (Å²) in [7, 11) is 0. The van der Waals surface area contributed by atoms with Gasteiger partial charge in [-0.15, -0.1) is 0 Å². The van der Waals surface area contributed by atoms with E-state index >= 15 is 0 Å². The third kappa shape index (κ3) is 4.12. The summed E-state index contributed by atoms with van der Waals surface area (Å²) in [5.74, 6) is 0. The van der Waals surface area contributed by atoms with Crippen LogP contribution in [0.15, 0.2) is 36.0 Å². The number of nitrogens with zero attached hydrogens (tertiary/aromatic N) is 1. The second-order valence-corrected chi connectivity index (χ2v) is 6.14. The molecule has 0 spiro atoms. The minimum Gasteiger partial charge on any atom is -0.443 e. The average Bonchev–Trinajstić information content (AvgIpc) is 2.38. The molecule has 1 aromatic rings. The van der Waals surface area contributed by atoms with Gasteiger partial charge in [0.15, 0.2) is 0 Å². The van der Waals surface area contributed by atoms with Gasteiger partial charge in [-0.1, -0.05) is 30.3 Å². The average molecular weight is 273 g/mol. The highest BCUT2D eigenvalue weighted by atomic mass is 16.6. The van der Waals surface area contributed by atoms with Crippen molar-refractivity contribution >= 4 is 12.2 Å². The van der Waals surface area contributed by atoms with Crippen LogP contribution in [0.5, 0.6) is 0 Å². The molecule has 0 bridgehead atoms. The fourth-order valence-electron chi connectivity index (χ4n) is 2.27. The highest BCUT2D eigenvalue weighted by molar-refractivity contribution is 5.72. The van der Waals surface area contributed by atoms with Crippen molar-refractivity contribution < 1.29 is 9.53 Å². The van der Waals surface area contributed by atoms with Crippen molar-refractivity contribution in [2.45, 2.75) is 45.6 Å². The molecule has 1 aliphatic rings. The SMILES string of the molecule is CC(C)(C)OC(=O)N1CCCC/C1=C\c1ccccc1. The molecule has 1 fully saturated rings. The summed E-state index contributed by atoms with van der Waals surface area (Å²) in [5.41, 5.74) is 1.72. The molecular weight excluding hydrogens is 250 g/mol. The minimum absolute atomic E-state index is 0.237. The van der Waals surface area contributed by atoms with Gasteiger partial charge >= 0.3 is 6.09 Å². The summed E-state index contributed by atoms with van der Waals surface area (Å²) in [5, 5.41) is 0. The van der Waals surface area contributed by atoms with Crippen molar-refractivity contribution in [2.75, 3.05) is 6.54 Å². The van der Waals surface area contributed by atoms with E-state index in [1.54, 1.807) is 4.90 Å². The van der Waals surface area contributed by atoms with E-state index in [0.29, 0.717) is 0 Å². The fraction of sp³-hybridized carbons (Fsp3) is 0.471. The van der Waals surface area contributed by atoms with Gasteiger partial charge in [0.25, 0.3) is 0 Å². The Labute approximate surface area is 121 Å². The van der Waals surface area contributed by atoms with Gasteiger partial charge in [0, 0.05) is 12.2 Å². The number of carbonyl (C=O) groups is 1. The van der Waals surface area contributed by atoms with Crippen LogP contribution in [0.25, 0.3) is 6.08 Å². The van der Waals surface area contributed by atoms with Crippen LogP contribution in [0, 0.1) is 0 Å². The zero-order valence-electron chi connectivity index (χ0n) is 12.6. The first-order chi connectivity index (χ1) is 9.46. The van der Waals surface area contributed by atoms with E-state index in [9.17, 15) is 4.79 Å². The van der Waals surface area contributed by atoms with E-state index in [1.807, 2.05) is 39.0 Å². The summed E-state index contributed by atoms with van der Waals surface area (Å²) in [6, 6.07) is 10.1. The van der Waals surface area contributed by atoms with Crippen LogP contribution >= 0.6 is 0 Å². The zero-order valence-corrected chi connectivity index (χ0v) is 12.6. The lowest BCUT2D eigenvalue weighted by molar-refractivity contribution is 0.0289. The van der Waals surface area contributed by atoms with Crippen molar-refractivity contribution in [1.82, 2.24) is 4.90 Å². The molecule has 1 amide bonds. The molecular formula is C17H23NO2. The molecule has 0 aromatic heterocycles. The van der Waals surface area contributed by atoms with Crippen LogP contribution in [-0.2, 0) is 4.74 Å². The Morgan fingerprint density at radius 2 is 1.90 bits per heavy atom. The summed E-state index contributed by atoms with van der Waals surface area (Å²) in [4.78, 5) is 14.1. The summed E-state index contributed by atoms with van der Waals surface area (Å²) >= 11 is 0. The second-order valence-electron chi connectivity index (χ2n) is 6.14. The monoisotopic (exact) mass is 273 g/mol. The first kappa shape index (κ1) is 14.6. The van der Waals surface area contributed by atoms with Crippen molar-refractivity contribution in [3.05, 3.63) is 41.6 Å². The maximum Gasteiger partial charge on any atom is 0.414 e. The van der Waals surface area contributed by atoms with E-state index in [0.717, 1.165) is 37.1 Å². The van der Waals surface area contributed by atoms with Crippen LogP contribution in [-0.4, -0.2) is 23.1 Å². The molecule has 108 valence electrons. The van der Waals surface area contributed by atoms with Crippen molar-refractivity contribution in [3.63, 3.8) is 0 Å². The molecule has 0 aliphatic carbocycles. The Hall–Kier alpha value is -1.77. The molecule has 3 nitrogen and oxygen atoms in total. The van der Waals surface area contributed by atoms with Gasteiger partial charge in [-0.3, -0.25) is 4.90 Å². The Morgan fingerprint density at radius 1 is 1.20 bits per heavy atom. The standard InChI is InChI=1S/C17H23NO2/c1-17(2,3)20-16(19)18-12-8-7-11-15(18)13-14-9-5-4-6-10-14/h4-6,9-10,13H,7-8,11-12H2,1-3H3/b15-13+. The number of rotatable bonds is 1. The predicted molar refractivity (Wildman–Crippen MR) is 81.2 cm³/mol. The number of amides is 1. The van der Waals surface area contributed by atoms with Gasteiger partial charge in [0.1, 0.15) is 5.60 Å². The van der Waals surface area contributed by atoms with Crippen molar-refractivity contribution in [2.24, 2.45) is 0 Å². The quantitative estimate of drug-likeness (QED) is 0.756. The minimum atomic E-state index is -0.452. The smallest absolute Gasteiger partial charge is 0.414 e. The number of benzene rings is 1. The Bertz CT molecular complexity index is 485. The topological polar surface area (TPSA) is 29.5 Å². The third-order valence-corrected chi connectivity index (χ3v) is 3.16. The van der Waals surface area contributed by atoms with Crippen LogP contribution in [0.4, 0.5) is 4.79 Å². The van der Waals surface area contributed by atoms with Gasteiger partial charge < -0.3 is 4.74 Å². The highest BCUT2D eigenvalue weighted by Gasteiger charge is 2.26. The zero-order chi connectivity index (χ0) is 14.6. The van der Waals surface area contributed by atoms with Gasteiger partial charge in [-0.05, 0) is 51.7 Å². The van der Waals surface area contributed by atoms with E-state index < -0.39 is 5.60 Å². The summed E-state index contributed by atoms with van der Waals surface area (Å²) in [6.07, 6.45) is 4.93. The molecule has 0 radical (unpaired) electrons. The first-order valence-electron chi connectivity index (χ1n) is 7.22. The third-order valence-electron chi connectivity index (χ3n) is 3.16. The van der Waals surface area contributed by atoms with Gasteiger partial charge in [0.2, 0.25) is 0 Å². The van der Waals surface area contributed by atoms with E-state index in [2.05, 4.69) is 18.2 Å². The first-order valence-corrected chi connectivity index (χ1v) is 7.22. The molecule has 0 unspecified atom stereocenters. The predicted octanol–water partition coefficient (Wildman–Crippen LogP) is 4.45. The van der Waals surface area contributed by atoms with E-state index in [4.69, 9.17) is 4.74 Å². The maximum atomic E-state index is 12.3. The number of hydrogen-bond acceptors (Lipinski definition) is 2. The number of piperidine rings is 1. The van der Waals surface area contributed by atoms with E-state index in [1.165, 1.54) is 0 Å². The number of carbonyl (C=O) groups excluding carboxylic acids is 1. The lowest BCUT2D eigenvalue weighted by atomic mass is 10.0. The van der Waals surface area contributed by atoms with Crippen LogP contribution in [0.1, 0.15) is 45.6 Å². The maximum absolute atomic E-state index is 12.3. The Kier molecular flexibility index (Phi) is 4.48. The fourth-order valence-corrected chi connectivity index (χ4v) is 2.27. The largest absolute Gasteiger partial charge is 0.443 e. The van der Waals surface area contributed by atoms with E-state index in [-0.39, 0.29) is 6.09 Å².